The van der Waals surface area contributed by atoms with E-state index < -0.39 is 91.5 Å². The number of unbranched alkanes of at least 4 members (excludes halogenated alkanes) is 26. The van der Waals surface area contributed by atoms with Gasteiger partial charge < -0.3 is 34.2 Å². The van der Waals surface area contributed by atoms with Crippen LogP contribution in [-0.2, 0) is 55.8 Å². The highest BCUT2D eigenvalue weighted by Gasteiger charge is 2.29. The summed E-state index contributed by atoms with van der Waals surface area (Å²) in [7, 11) is -9.75. The Morgan fingerprint density at radius 3 is 1.10 bits per heavy atom. The van der Waals surface area contributed by atoms with Crippen molar-refractivity contribution in [3.63, 3.8) is 0 Å². The molecule has 77 heavy (non-hydrogen) atoms. The van der Waals surface area contributed by atoms with E-state index in [9.17, 15) is 43.5 Å². The monoisotopic (exact) mass is 1130 g/mol. The molecule has 0 rings (SSSR count). The van der Waals surface area contributed by atoms with Gasteiger partial charge in [-0.1, -0.05) is 204 Å². The molecule has 0 aromatic rings. The maximum atomic E-state index is 12.8. The lowest BCUT2D eigenvalue weighted by Crippen LogP contribution is -2.30. The van der Waals surface area contributed by atoms with Crippen LogP contribution in [0.2, 0.25) is 0 Å². The summed E-state index contributed by atoms with van der Waals surface area (Å²) in [6.45, 7) is 2.51. The van der Waals surface area contributed by atoms with Gasteiger partial charge in [-0.15, -0.1) is 0 Å². The molecule has 0 radical (unpaired) electrons. The zero-order valence-electron chi connectivity index (χ0n) is 48.1. The zero-order valence-corrected chi connectivity index (χ0v) is 49.9. The molecule has 0 fully saturated rings. The highest BCUT2D eigenvalue weighted by atomic mass is 31.2. The number of aliphatic hydroxyl groups is 2. The molecule has 4 N–H and O–H groups in total. The van der Waals surface area contributed by atoms with Gasteiger partial charge in [-0.25, -0.2) is 9.13 Å². The van der Waals surface area contributed by atoms with Crippen molar-refractivity contribution in [1.29, 1.82) is 0 Å². The summed E-state index contributed by atoms with van der Waals surface area (Å²) >= 11 is 0. The first-order valence-electron chi connectivity index (χ1n) is 29.9. The summed E-state index contributed by atoms with van der Waals surface area (Å²) in [4.78, 5) is 58.0. The molecule has 5 atom stereocenters. The van der Waals surface area contributed by atoms with Crippen LogP contribution < -0.4 is 0 Å². The lowest BCUT2D eigenvalue weighted by Gasteiger charge is -2.21. The minimum absolute atomic E-state index is 0.108. The van der Waals surface area contributed by atoms with Gasteiger partial charge in [-0.2, -0.15) is 0 Å². The number of phosphoric ester groups is 2. The minimum atomic E-state index is -4.91. The summed E-state index contributed by atoms with van der Waals surface area (Å²) in [6.07, 6.45) is 49.0. The van der Waals surface area contributed by atoms with Crippen LogP contribution in [0.4, 0.5) is 0 Å². The molecule has 0 amide bonds. The number of allylic oxidation sites excluding steroid dienone is 8. The van der Waals surface area contributed by atoms with Crippen LogP contribution in [0.15, 0.2) is 48.6 Å². The maximum Gasteiger partial charge on any atom is 0.472 e. The third-order valence-corrected chi connectivity index (χ3v) is 14.4. The van der Waals surface area contributed by atoms with Crippen LogP contribution >= 0.6 is 15.6 Å². The fourth-order valence-corrected chi connectivity index (χ4v) is 9.52. The van der Waals surface area contributed by atoms with Gasteiger partial charge >= 0.3 is 33.6 Å². The molecule has 0 aliphatic heterocycles. The van der Waals surface area contributed by atoms with Crippen LogP contribution in [0.1, 0.15) is 252 Å². The zero-order chi connectivity index (χ0) is 56.8. The summed E-state index contributed by atoms with van der Waals surface area (Å²) < 4.78 is 60.5. The first-order valence-corrected chi connectivity index (χ1v) is 32.9. The Morgan fingerprint density at radius 1 is 0.377 bits per heavy atom. The second kappa shape index (κ2) is 54.1. The Morgan fingerprint density at radius 2 is 0.688 bits per heavy atom. The van der Waals surface area contributed by atoms with Crippen molar-refractivity contribution in [2.24, 2.45) is 0 Å². The van der Waals surface area contributed by atoms with E-state index in [2.05, 4.69) is 69.4 Å². The largest absolute Gasteiger partial charge is 0.472 e. The number of phosphoric acid groups is 2. The molecule has 5 unspecified atom stereocenters. The molecule has 0 aromatic carbocycles. The van der Waals surface area contributed by atoms with Crippen molar-refractivity contribution in [2.45, 2.75) is 270 Å². The van der Waals surface area contributed by atoms with Gasteiger partial charge in [0, 0.05) is 19.3 Å². The molecule has 18 heteroatoms. The van der Waals surface area contributed by atoms with Crippen LogP contribution in [0.25, 0.3) is 0 Å². The number of carbonyl (C=O) groups is 3. The maximum absolute atomic E-state index is 12.8. The molecule has 0 aliphatic carbocycles. The van der Waals surface area contributed by atoms with E-state index in [1.807, 2.05) is 0 Å². The number of hydrogen-bond acceptors (Lipinski definition) is 14. The predicted octanol–water partition coefficient (Wildman–Crippen LogP) is 15.3. The number of rotatable bonds is 57. The van der Waals surface area contributed by atoms with Gasteiger partial charge in [-0.05, 0) is 77.0 Å². The van der Waals surface area contributed by atoms with Gasteiger partial charge in [-0.3, -0.25) is 32.5 Å². The Kier molecular flexibility index (Phi) is 52.4. The quantitative estimate of drug-likeness (QED) is 0.0146. The molecule has 0 saturated heterocycles. The smallest absolute Gasteiger partial charge is 0.463 e. The van der Waals surface area contributed by atoms with Crippen molar-refractivity contribution < 1.29 is 75.8 Å². The van der Waals surface area contributed by atoms with Gasteiger partial charge in [0.15, 0.2) is 6.10 Å². The Balaban J connectivity index is 4.67. The van der Waals surface area contributed by atoms with Crippen molar-refractivity contribution in [2.75, 3.05) is 39.6 Å². The first kappa shape index (κ1) is 74.5. The van der Waals surface area contributed by atoms with Gasteiger partial charge in [0.05, 0.1) is 26.4 Å². The molecule has 0 spiro atoms. The normalized spacial score (nSPS) is 14.8. The molecule has 16 nitrogen and oxygen atoms in total. The fourth-order valence-electron chi connectivity index (χ4n) is 7.93. The van der Waals surface area contributed by atoms with Gasteiger partial charge in [0.25, 0.3) is 0 Å². The Hall–Kier alpha value is -2.49. The predicted molar refractivity (Wildman–Crippen MR) is 307 cm³/mol. The highest BCUT2D eigenvalue weighted by molar-refractivity contribution is 7.47. The minimum Gasteiger partial charge on any atom is -0.463 e. The molecule has 450 valence electrons. The third kappa shape index (κ3) is 55.2. The molecule has 0 aliphatic rings. The van der Waals surface area contributed by atoms with Crippen molar-refractivity contribution >= 4 is 33.6 Å². The molecular formula is C59H108O16P2. The molecule has 0 heterocycles. The summed E-state index contributed by atoms with van der Waals surface area (Å²) in [5.41, 5.74) is 0. The van der Waals surface area contributed by atoms with Crippen LogP contribution in [0.5, 0.6) is 0 Å². The number of aliphatic hydroxyl groups excluding tert-OH is 2. The van der Waals surface area contributed by atoms with E-state index in [-0.39, 0.29) is 19.3 Å². The number of hydrogen-bond donors (Lipinski definition) is 4. The molecule has 0 saturated carbocycles. The third-order valence-electron chi connectivity index (χ3n) is 12.5. The lowest BCUT2D eigenvalue weighted by molar-refractivity contribution is -0.161. The molecular weight excluding hydrogens is 1030 g/mol. The first-order chi connectivity index (χ1) is 37.2. The number of esters is 3. The second-order valence-corrected chi connectivity index (χ2v) is 23.0. The highest BCUT2D eigenvalue weighted by Crippen LogP contribution is 2.45. The average molecular weight is 1140 g/mol. The van der Waals surface area contributed by atoms with E-state index in [0.29, 0.717) is 19.3 Å². The van der Waals surface area contributed by atoms with E-state index >= 15 is 0 Å². The number of ether oxygens (including phenoxy) is 3. The Bertz CT molecular complexity index is 1620. The fraction of sp³-hybridized carbons (Fsp3) is 0.814. The van der Waals surface area contributed by atoms with Gasteiger partial charge in [0.1, 0.15) is 25.4 Å². The average Bonchev–Trinajstić information content (AvgIpc) is 3.40. The summed E-state index contributed by atoms with van der Waals surface area (Å²) in [5, 5.41) is 20.4. The van der Waals surface area contributed by atoms with E-state index in [1.54, 1.807) is 0 Å². The van der Waals surface area contributed by atoms with Gasteiger partial charge in [0.2, 0.25) is 0 Å². The number of carbonyl (C=O) groups excluding carboxylic acids is 3. The summed E-state index contributed by atoms with van der Waals surface area (Å²) in [6, 6.07) is 0. The van der Waals surface area contributed by atoms with Crippen LogP contribution in [0.3, 0.4) is 0 Å². The van der Waals surface area contributed by atoms with Crippen molar-refractivity contribution in [3.05, 3.63) is 48.6 Å². The van der Waals surface area contributed by atoms with E-state index in [0.717, 1.165) is 116 Å². The van der Waals surface area contributed by atoms with Crippen molar-refractivity contribution in [3.8, 4) is 0 Å². The molecule has 0 aromatic heterocycles. The molecule has 0 bridgehead atoms. The van der Waals surface area contributed by atoms with Crippen LogP contribution in [0, 0.1) is 0 Å². The Labute approximate surface area is 466 Å². The second-order valence-electron chi connectivity index (χ2n) is 20.1. The standard InChI is InChI=1S/C59H108O16P2/c1-4-7-10-13-16-19-22-24-26-28-31-33-36-39-42-45-57(62)69-48-54(60)49-71-76(65,66)72-50-55(61)51-73-77(67,68)74-53-56(75-59(64)47-44-41-38-35-30-21-18-15-12-9-6-3)52-70-58(63)46-43-40-37-34-32-29-27-25-23-20-17-14-11-8-5-2/h7,10,16,19,24-27,54-56,60-61H,4-6,8-9,11-15,17-18,20-23,28-53H2,1-3H3,(H,65,66)(H,67,68)/b10-7-,19-16-,26-24-,27-25-. The van der Waals surface area contributed by atoms with E-state index in [1.165, 1.54) is 77.0 Å². The van der Waals surface area contributed by atoms with Crippen LogP contribution in [-0.4, -0.2) is 95.9 Å². The SMILES string of the molecule is CC/C=C\C/C=C\C/C=C\CCCCCCCC(=O)OCC(O)COP(=O)(O)OCC(O)COP(=O)(O)OCC(COC(=O)CCCCCCC/C=C\CCCCCCCC)OC(=O)CCCCCCCCCCCCC. The summed E-state index contributed by atoms with van der Waals surface area (Å²) in [5.74, 6) is -1.59. The van der Waals surface area contributed by atoms with Crippen molar-refractivity contribution in [1.82, 2.24) is 0 Å². The lowest BCUT2D eigenvalue weighted by atomic mass is 10.1. The van der Waals surface area contributed by atoms with E-state index in [4.69, 9.17) is 32.3 Å². The topological polar surface area (TPSA) is 231 Å².